The summed E-state index contributed by atoms with van der Waals surface area (Å²) in [7, 11) is 0. The van der Waals surface area contributed by atoms with Crippen molar-refractivity contribution in [1.82, 2.24) is 4.98 Å². The van der Waals surface area contributed by atoms with Crippen molar-refractivity contribution in [3.8, 4) is 11.5 Å². The number of rotatable bonds is 4. The molecule has 1 unspecified atom stereocenters. The molecule has 0 fully saturated rings. The van der Waals surface area contributed by atoms with Gasteiger partial charge in [0.15, 0.2) is 16.9 Å². The zero-order chi connectivity index (χ0) is 22.4. The van der Waals surface area contributed by atoms with Crippen molar-refractivity contribution >= 4 is 22.7 Å². The Morgan fingerprint density at radius 2 is 2.00 bits per heavy atom. The van der Waals surface area contributed by atoms with E-state index in [1.807, 2.05) is 0 Å². The smallest absolute Gasteiger partial charge is 0.296 e. The first-order valence-corrected chi connectivity index (χ1v) is 9.96. The van der Waals surface area contributed by atoms with Crippen LogP contribution in [0.4, 0.5) is 10.2 Å². The Hall–Kier alpha value is -4.20. The summed E-state index contributed by atoms with van der Waals surface area (Å²) in [6, 6.07) is 12.3. The Morgan fingerprint density at radius 3 is 2.75 bits per heavy atom. The normalized spacial score (nSPS) is 15.2. The molecular weight excluding hydrogens is 415 g/mol. The number of carbonyl (C=O) groups excluding carboxylic acids is 1. The average molecular weight is 432 g/mol. The first-order chi connectivity index (χ1) is 15.5. The highest BCUT2D eigenvalue weighted by atomic mass is 19.1. The minimum absolute atomic E-state index is 0.0354. The highest BCUT2D eigenvalue weighted by molar-refractivity contribution is 6.10. The third-order valence-corrected chi connectivity index (χ3v) is 5.33. The largest absolute Gasteiger partial charge is 0.504 e. The number of nitrogens with zero attached hydrogens (tertiary/aromatic N) is 2. The van der Waals surface area contributed by atoms with E-state index in [9.17, 15) is 19.1 Å². The Bertz CT molecular complexity index is 1420. The number of amides is 1. The third kappa shape index (κ3) is 2.99. The Morgan fingerprint density at radius 1 is 1.16 bits per heavy atom. The summed E-state index contributed by atoms with van der Waals surface area (Å²) in [5, 5.41) is 10.2. The number of phenols is 1. The number of hydrogen-bond acceptors (Lipinski definition) is 6. The van der Waals surface area contributed by atoms with E-state index in [1.165, 1.54) is 29.3 Å². The lowest BCUT2D eigenvalue weighted by Crippen LogP contribution is -2.30. The van der Waals surface area contributed by atoms with Crippen LogP contribution in [-0.4, -0.2) is 22.6 Å². The summed E-state index contributed by atoms with van der Waals surface area (Å²) in [5.41, 5.74) is 0.188. The summed E-state index contributed by atoms with van der Waals surface area (Å²) < 4.78 is 25.2. The highest BCUT2D eigenvalue weighted by Gasteiger charge is 2.44. The molecule has 1 aliphatic heterocycles. The van der Waals surface area contributed by atoms with Crippen molar-refractivity contribution in [2.24, 2.45) is 0 Å². The molecule has 1 aliphatic rings. The van der Waals surface area contributed by atoms with E-state index < -0.39 is 23.2 Å². The number of aromatic nitrogens is 1. The number of aromatic hydroxyl groups is 1. The molecule has 8 heteroatoms. The molecule has 0 spiro atoms. The molecule has 32 heavy (non-hydrogen) atoms. The molecule has 0 aliphatic carbocycles. The number of phenolic OH excluding ortho intramolecular Hbond substituents is 1. The highest BCUT2D eigenvalue weighted by Crippen LogP contribution is 2.42. The molecule has 0 radical (unpaired) electrons. The van der Waals surface area contributed by atoms with Crippen LogP contribution in [0, 0.1) is 5.82 Å². The molecule has 0 saturated carbocycles. The summed E-state index contributed by atoms with van der Waals surface area (Å²) in [4.78, 5) is 32.5. The van der Waals surface area contributed by atoms with Crippen LogP contribution < -0.4 is 15.1 Å². The summed E-state index contributed by atoms with van der Waals surface area (Å²) in [6.07, 6.45) is 1.53. The van der Waals surface area contributed by atoms with Crippen LogP contribution in [0.25, 0.3) is 11.0 Å². The predicted molar refractivity (Wildman–Crippen MR) is 115 cm³/mol. The molecule has 7 nitrogen and oxygen atoms in total. The van der Waals surface area contributed by atoms with Crippen molar-refractivity contribution in [1.29, 1.82) is 0 Å². The number of fused-ring (bicyclic) bond motifs is 2. The van der Waals surface area contributed by atoms with Gasteiger partial charge in [0, 0.05) is 6.20 Å². The maximum atomic E-state index is 13.9. The average Bonchev–Trinajstić information content (AvgIpc) is 3.09. The molecule has 1 amide bonds. The van der Waals surface area contributed by atoms with Crippen LogP contribution in [0.2, 0.25) is 0 Å². The standard InChI is InChI=1S/C24H17FN2O5/c1-2-31-18-11-13(6-8-16(18)28)21-20-22(29)15-12-14(25)7-9-17(15)32-23(20)24(30)27(21)19-5-3-4-10-26-19/h3-12,21,28H,2H2,1H3. The molecule has 4 aromatic rings. The molecule has 1 N–H and O–H groups in total. The number of halogens is 1. The van der Waals surface area contributed by atoms with Gasteiger partial charge in [0.1, 0.15) is 17.2 Å². The topological polar surface area (TPSA) is 92.9 Å². The molecule has 0 bridgehead atoms. The summed E-state index contributed by atoms with van der Waals surface area (Å²) in [5.74, 6) is -0.806. The van der Waals surface area contributed by atoms with Gasteiger partial charge in [0.05, 0.1) is 23.6 Å². The van der Waals surface area contributed by atoms with Crippen LogP contribution in [-0.2, 0) is 0 Å². The van der Waals surface area contributed by atoms with Crippen molar-refractivity contribution in [2.75, 3.05) is 11.5 Å². The second-order valence-corrected chi connectivity index (χ2v) is 7.24. The first-order valence-electron chi connectivity index (χ1n) is 9.96. The van der Waals surface area contributed by atoms with Gasteiger partial charge in [0.25, 0.3) is 5.91 Å². The maximum Gasteiger partial charge on any atom is 0.296 e. The number of hydrogen-bond donors (Lipinski definition) is 1. The van der Waals surface area contributed by atoms with Gasteiger partial charge in [-0.15, -0.1) is 0 Å². The molecule has 1 atom stereocenters. The van der Waals surface area contributed by atoms with Crippen LogP contribution >= 0.6 is 0 Å². The van der Waals surface area contributed by atoms with Crippen molar-refractivity contribution in [3.05, 3.63) is 93.7 Å². The minimum atomic E-state index is -0.906. The monoisotopic (exact) mass is 432 g/mol. The van der Waals surface area contributed by atoms with Gasteiger partial charge < -0.3 is 14.3 Å². The molecule has 3 heterocycles. The molecular formula is C24H17FN2O5. The molecule has 2 aromatic carbocycles. The summed E-state index contributed by atoms with van der Waals surface area (Å²) >= 11 is 0. The van der Waals surface area contributed by atoms with Gasteiger partial charge in [-0.2, -0.15) is 0 Å². The second kappa shape index (κ2) is 7.49. The second-order valence-electron chi connectivity index (χ2n) is 7.24. The number of anilines is 1. The van der Waals surface area contributed by atoms with Gasteiger partial charge in [-0.1, -0.05) is 12.1 Å². The minimum Gasteiger partial charge on any atom is -0.504 e. The van der Waals surface area contributed by atoms with E-state index in [1.54, 1.807) is 37.3 Å². The fraction of sp³-hybridized carbons (Fsp3) is 0.125. The summed E-state index contributed by atoms with van der Waals surface area (Å²) in [6.45, 7) is 2.09. The molecule has 160 valence electrons. The molecule has 2 aromatic heterocycles. The van der Waals surface area contributed by atoms with E-state index in [0.717, 1.165) is 6.07 Å². The number of benzene rings is 2. The Kier molecular flexibility index (Phi) is 4.62. The van der Waals surface area contributed by atoms with E-state index >= 15 is 0 Å². The van der Waals surface area contributed by atoms with E-state index in [4.69, 9.17) is 9.15 Å². The van der Waals surface area contributed by atoms with Gasteiger partial charge in [-0.3, -0.25) is 14.5 Å². The molecule has 0 saturated heterocycles. The quantitative estimate of drug-likeness (QED) is 0.520. The zero-order valence-corrected chi connectivity index (χ0v) is 16.9. The van der Waals surface area contributed by atoms with Crippen LogP contribution in [0.3, 0.4) is 0 Å². The number of pyridine rings is 1. The SMILES string of the molecule is CCOc1cc(C2c3c(oc4ccc(F)cc4c3=O)C(=O)N2c2ccccn2)ccc1O. The van der Waals surface area contributed by atoms with E-state index in [2.05, 4.69) is 4.98 Å². The Balaban J connectivity index is 1.81. The van der Waals surface area contributed by atoms with Crippen LogP contribution in [0.15, 0.2) is 70.0 Å². The van der Waals surface area contributed by atoms with Crippen molar-refractivity contribution in [3.63, 3.8) is 0 Å². The van der Waals surface area contributed by atoms with E-state index in [0.29, 0.717) is 18.0 Å². The van der Waals surface area contributed by atoms with Gasteiger partial charge in [-0.25, -0.2) is 9.37 Å². The van der Waals surface area contributed by atoms with Crippen LogP contribution in [0.1, 0.15) is 34.6 Å². The number of ether oxygens (including phenoxy) is 1. The van der Waals surface area contributed by atoms with Crippen LogP contribution in [0.5, 0.6) is 11.5 Å². The van der Waals surface area contributed by atoms with Gasteiger partial charge >= 0.3 is 0 Å². The fourth-order valence-corrected chi connectivity index (χ4v) is 3.96. The fourth-order valence-electron chi connectivity index (χ4n) is 3.96. The zero-order valence-electron chi connectivity index (χ0n) is 16.9. The van der Waals surface area contributed by atoms with Crippen molar-refractivity contribution < 1.29 is 23.4 Å². The third-order valence-electron chi connectivity index (χ3n) is 5.33. The maximum absolute atomic E-state index is 13.9. The Labute approximate surface area is 181 Å². The molecule has 5 rings (SSSR count). The lowest BCUT2D eigenvalue weighted by molar-refractivity contribution is 0.0970. The first kappa shape index (κ1) is 19.7. The van der Waals surface area contributed by atoms with Gasteiger partial charge in [-0.05, 0) is 55.0 Å². The van der Waals surface area contributed by atoms with Gasteiger partial charge in [0.2, 0.25) is 5.76 Å². The lowest BCUT2D eigenvalue weighted by Gasteiger charge is -2.24. The number of carbonyl (C=O) groups is 1. The van der Waals surface area contributed by atoms with Crippen molar-refractivity contribution in [2.45, 2.75) is 13.0 Å². The lowest BCUT2D eigenvalue weighted by atomic mass is 9.98. The predicted octanol–water partition coefficient (Wildman–Crippen LogP) is 4.18. The van der Waals surface area contributed by atoms with E-state index in [-0.39, 0.29) is 33.8 Å².